The van der Waals surface area contributed by atoms with Crippen molar-refractivity contribution in [1.82, 2.24) is 0 Å². The van der Waals surface area contributed by atoms with Gasteiger partial charge in [0.05, 0.1) is 26.6 Å². The molecule has 8 heteroatoms. The minimum Gasteiger partial charge on any atom is -0.477 e. The summed E-state index contributed by atoms with van der Waals surface area (Å²) in [6, 6.07) is 0. The second-order valence-corrected chi connectivity index (χ2v) is 8.85. The molecule has 1 atom stereocenters. The zero-order valence-electron chi connectivity index (χ0n) is 14.6. The molecule has 0 aromatic rings. The maximum Gasteiger partial charge on any atom is 0.359 e. The number of rotatable bonds is 9. The quantitative estimate of drug-likeness (QED) is 0.360. The van der Waals surface area contributed by atoms with Gasteiger partial charge in [-0.25, -0.2) is 4.79 Å². The van der Waals surface area contributed by atoms with Crippen LogP contribution in [0.15, 0.2) is 0 Å². The first kappa shape index (κ1) is 21.9. The summed E-state index contributed by atoms with van der Waals surface area (Å²) in [5.41, 5.74) is -0.843. The van der Waals surface area contributed by atoms with E-state index in [9.17, 15) is 14.4 Å². The molecule has 0 saturated heterocycles. The standard InChI is InChI=1S/C15H26BrNO6/c1-14(2,12(20)22-6)10-15(3,16)13(21)23-8-7-17(4,5)9-11(18)19/h7-10H2,1-6H3/p+1. The van der Waals surface area contributed by atoms with Gasteiger partial charge >= 0.3 is 17.9 Å². The Hall–Kier alpha value is -1.15. The van der Waals surface area contributed by atoms with Gasteiger partial charge in [-0.3, -0.25) is 9.59 Å². The highest BCUT2D eigenvalue weighted by atomic mass is 79.9. The number of ether oxygens (including phenoxy) is 2. The molecule has 0 aliphatic rings. The number of esters is 2. The molecule has 0 radical (unpaired) electrons. The number of quaternary nitrogens is 1. The van der Waals surface area contributed by atoms with E-state index in [1.165, 1.54) is 7.11 Å². The summed E-state index contributed by atoms with van der Waals surface area (Å²) < 4.78 is 9.14. The van der Waals surface area contributed by atoms with Gasteiger partial charge in [0.1, 0.15) is 17.5 Å². The number of nitrogens with zero attached hydrogens (tertiary/aromatic N) is 1. The van der Waals surface area contributed by atoms with Crippen LogP contribution in [0.3, 0.4) is 0 Å². The molecule has 23 heavy (non-hydrogen) atoms. The van der Waals surface area contributed by atoms with E-state index in [2.05, 4.69) is 15.9 Å². The second kappa shape index (κ2) is 8.10. The van der Waals surface area contributed by atoms with E-state index in [1.54, 1.807) is 34.9 Å². The van der Waals surface area contributed by atoms with Crippen LogP contribution in [0.4, 0.5) is 0 Å². The molecule has 0 aliphatic heterocycles. The van der Waals surface area contributed by atoms with E-state index < -0.39 is 27.6 Å². The number of hydrogen-bond acceptors (Lipinski definition) is 5. The van der Waals surface area contributed by atoms with E-state index in [0.29, 0.717) is 6.54 Å². The molecule has 0 amide bonds. The molecule has 1 unspecified atom stereocenters. The number of carboxylic acid groups (broad SMARTS) is 1. The molecule has 7 nitrogen and oxygen atoms in total. The van der Waals surface area contributed by atoms with E-state index in [4.69, 9.17) is 14.6 Å². The first-order chi connectivity index (χ1) is 10.2. The normalized spacial score (nSPS) is 14.7. The number of aliphatic carboxylic acids is 1. The number of halogens is 1. The summed E-state index contributed by atoms with van der Waals surface area (Å²) in [5, 5.41) is 8.82. The third kappa shape index (κ3) is 7.78. The summed E-state index contributed by atoms with van der Waals surface area (Å²) in [6.45, 7) is 5.44. The van der Waals surface area contributed by atoms with Crippen molar-refractivity contribution < 1.29 is 33.4 Å². The molecule has 0 heterocycles. The maximum atomic E-state index is 12.2. The lowest BCUT2D eigenvalue weighted by molar-refractivity contribution is -0.883. The summed E-state index contributed by atoms with van der Waals surface area (Å²) >= 11 is 3.32. The summed E-state index contributed by atoms with van der Waals surface area (Å²) in [4.78, 5) is 34.7. The van der Waals surface area contributed by atoms with Crippen LogP contribution < -0.4 is 0 Å². The summed E-state index contributed by atoms with van der Waals surface area (Å²) in [7, 11) is 4.79. The van der Waals surface area contributed by atoms with Crippen molar-refractivity contribution in [3.8, 4) is 0 Å². The average molecular weight is 397 g/mol. The fourth-order valence-corrected chi connectivity index (χ4v) is 3.05. The molecule has 0 fully saturated rings. The fourth-order valence-electron chi connectivity index (χ4n) is 2.23. The Morgan fingerprint density at radius 1 is 1.13 bits per heavy atom. The van der Waals surface area contributed by atoms with Crippen molar-refractivity contribution in [1.29, 1.82) is 0 Å². The first-order valence-corrected chi connectivity index (χ1v) is 8.01. The van der Waals surface area contributed by atoms with Crippen molar-refractivity contribution in [3.63, 3.8) is 0 Å². The lowest BCUT2D eigenvalue weighted by Gasteiger charge is -2.31. The summed E-state index contributed by atoms with van der Waals surface area (Å²) in [6.07, 6.45) is 0.207. The van der Waals surface area contributed by atoms with Crippen molar-refractivity contribution >= 4 is 33.8 Å². The van der Waals surface area contributed by atoms with Crippen LogP contribution in [0.5, 0.6) is 0 Å². The number of alkyl halides is 1. The minimum atomic E-state index is -1.03. The van der Waals surface area contributed by atoms with Crippen LogP contribution in [-0.4, -0.2) is 72.7 Å². The van der Waals surface area contributed by atoms with Crippen LogP contribution in [0.2, 0.25) is 0 Å². The van der Waals surface area contributed by atoms with Crippen LogP contribution in [0.25, 0.3) is 0 Å². The Bertz CT molecular complexity index is 459. The third-order valence-electron chi connectivity index (χ3n) is 3.43. The van der Waals surface area contributed by atoms with Crippen molar-refractivity contribution in [3.05, 3.63) is 0 Å². The van der Waals surface area contributed by atoms with Crippen molar-refractivity contribution in [2.75, 3.05) is 40.9 Å². The van der Waals surface area contributed by atoms with Gasteiger partial charge in [0.2, 0.25) is 0 Å². The number of likely N-dealkylation sites (N-methyl/N-ethyl adjacent to an activating group) is 1. The predicted molar refractivity (Wildman–Crippen MR) is 88.2 cm³/mol. The zero-order valence-corrected chi connectivity index (χ0v) is 16.2. The number of carbonyl (C=O) groups is 3. The van der Waals surface area contributed by atoms with Crippen molar-refractivity contribution in [2.45, 2.75) is 31.5 Å². The second-order valence-electron chi connectivity index (χ2n) is 7.10. The van der Waals surface area contributed by atoms with E-state index in [-0.39, 0.29) is 24.1 Å². The first-order valence-electron chi connectivity index (χ1n) is 7.22. The topological polar surface area (TPSA) is 89.9 Å². The Kier molecular flexibility index (Phi) is 7.69. The number of hydrogen-bond donors (Lipinski definition) is 1. The molecule has 0 aliphatic carbocycles. The van der Waals surface area contributed by atoms with Gasteiger partial charge in [-0.05, 0) is 27.2 Å². The molecule has 1 N–H and O–H groups in total. The predicted octanol–water partition coefficient (Wildman–Crippen LogP) is 1.43. The Morgan fingerprint density at radius 3 is 2.09 bits per heavy atom. The SMILES string of the molecule is COC(=O)C(C)(C)CC(C)(Br)C(=O)OCC[N+](C)(C)CC(=O)O. The van der Waals surface area contributed by atoms with E-state index >= 15 is 0 Å². The monoisotopic (exact) mass is 396 g/mol. The molecular formula is C15H27BrNO6+. The van der Waals surface area contributed by atoms with Gasteiger partial charge in [-0.2, -0.15) is 0 Å². The van der Waals surface area contributed by atoms with Gasteiger partial charge in [-0.15, -0.1) is 0 Å². The minimum absolute atomic E-state index is 0.0570. The van der Waals surface area contributed by atoms with Gasteiger partial charge in [0, 0.05) is 0 Å². The molecular weight excluding hydrogens is 370 g/mol. The van der Waals surface area contributed by atoms with Crippen LogP contribution >= 0.6 is 15.9 Å². The number of carboxylic acids is 1. The largest absolute Gasteiger partial charge is 0.477 e. The highest BCUT2D eigenvalue weighted by Gasteiger charge is 2.42. The van der Waals surface area contributed by atoms with Crippen LogP contribution in [0.1, 0.15) is 27.2 Å². The number of methoxy groups -OCH3 is 1. The highest BCUT2D eigenvalue weighted by Crippen LogP contribution is 2.35. The molecule has 0 rings (SSSR count). The van der Waals surface area contributed by atoms with E-state index in [1.807, 2.05) is 0 Å². The van der Waals surface area contributed by atoms with Gasteiger partial charge in [0.25, 0.3) is 0 Å². The molecule has 0 saturated carbocycles. The smallest absolute Gasteiger partial charge is 0.359 e. The van der Waals surface area contributed by atoms with Crippen LogP contribution in [0, 0.1) is 5.41 Å². The molecule has 0 aromatic carbocycles. The Balaban J connectivity index is 4.60. The van der Waals surface area contributed by atoms with Gasteiger partial charge in [-0.1, -0.05) is 15.9 Å². The summed E-state index contributed by atoms with van der Waals surface area (Å²) in [5.74, 6) is -1.81. The maximum absolute atomic E-state index is 12.2. The molecule has 0 spiro atoms. The van der Waals surface area contributed by atoms with Gasteiger partial charge in [0.15, 0.2) is 6.54 Å². The Morgan fingerprint density at radius 2 is 1.65 bits per heavy atom. The number of carbonyl (C=O) groups excluding carboxylic acids is 2. The molecule has 0 bridgehead atoms. The lowest BCUT2D eigenvalue weighted by Crippen LogP contribution is -2.47. The van der Waals surface area contributed by atoms with Gasteiger partial charge < -0.3 is 19.1 Å². The van der Waals surface area contributed by atoms with Crippen molar-refractivity contribution in [2.24, 2.45) is 5.41 Å². The average Bonchev–Trinajstić information content (AvgIpc) is 2.34. The zero-order chi connectivity index (χ0) is 18.5. The fraction of sp³-hybridized carbons (Fsp3) is 0.800. The lowest BCUT2D eigenvalue weighted by atomic mass is 9.83. The Labute approximate surface area is 145 Å². The van der Waals surface area contributed by atoms with E-state index in [0.717, 1.165) is 0 Å². The third-order valence-corrected chi connectivity index (χ3v) is 4.03. The van der Waals surface area contributed by atoms with Crippen LogP contribution in [-0.2, 0) is 23.9 Å². The molecule has 0 aromatic heterocycles. The molecule has 134 valence electrons. The highest BCUT2D eigenvalue weighted by molar-refractivity contribution is 9.10.